The number of hydrogen-bond acceptors (Lipinski definition) is 2. The Bertz CT molecular complexity index is 443. The van der Waals surface area contributed by atoms with Gasteiger partial charge in [-0.2, -0.15) is 0 Å². The molecule has 0 saturated heterocycles. The second-order valence-electron chi connectivity index (χ2n) is 4.37. The Balaban J connectivity index is 2.75. The molecule has 0 fully saturated rings. The standard InChI is InChI=1S/C14H20N2OS/c1-3-4-5-9-12(17)16-11-8-6-7-10(2)13(11)14(15)18/h6-8H,3-5,9H2,1-2H3,(H2,15,18)(H,16,17). The van der Waals surface area contributed by atoms with Crippen LogP contribution in [0, 0.1) is 6.92 Å². The highest BCUT2D eigenvalue weighted by Gasteiger charge is 2.10. The second-order valence-corrected chi connectivity index (χ2v) is 4.81. The van der Waals surface area contributed by atoms with Gasteiger partial charge in [0, 0.05) is 12.0 Å². The van der Waals surface area contributed by atoms with Gasteiger partial charge in [0.2, 0.25) is 5.91 Å². The van der Waals surface area contributed by atoms with E-state index in [1.807, 2.05) is 25.1 Å². The Morgan fingerprint density at radius 1 is 1.39 bits per heavy atom. The van der Waals surface area contributed by atoms with Crippen molar-refractivity contribution in [2.24, 2.45) is 5.73 Å². The lowest BCUT2D eigenvalue weighted by Gasteiger charge is -2.12. The SMILES string of the molecule is CCCCCC(=O)Nc1cccc(C)c1C(N)=S. The average molecular weight is 264 g/mol. The highest BCUT2D eigenvalue weighted by Crippen LogP contribution is 2.19. The van der Waals surface area contributed by atoms with Crippen molar-refractivity contribution in [2.75, 3.05) is 5.32 Å². The van der Waals surface area contributed by atoms with Crippen LogP contribution in [0.25, 0.3) is 0 Å². The van der Waals surface area contributed by atoms with Gasteiger partial charge in [0.05, 0.1) is 5.69 Å². The Morgan fingerprint density at radius 3 is 2.72 bits per heavy atom. The van der Waals surface area contributed by atoms with Gasteiger partial charge in [0.15, 0.2) is 0 Å². The molecule has 0 saturated carbocycles. The minimum Gasteiger partial charge on any atom is -0.389 e. The summed E-state index contributed by atoms with van der Waals surface area (Å²) in [6.07, 6.45) is 3.63. The molecule has 0 aliphatic carbocycles. The summed E-state index contributed by atoms with van der Waals surface area (Å²) in [7, 11) is 0. The molecule has 3 nitrogen and oxygen atoms in total. The van der Waals surface area contributed by atoms with Gasteiger partial charge in [-0.05, 0) is 25.0 Å². The molecule has 3 N–H and O–H groups in total. The minimum atomic E-state index is 0.0200. The van der Waals surface area contributed by atoms with E-state index < -0.39 is 0 Å². The van der Waals surface area contributed by atoms with Gasteiger partial charge in [-0.25, -0.2) is 0 Å². The Morgan fingerprint density at radius 2 is 2.11 bits per heavy atom. The van der Waals surface area contributed by atoms with Crippen LogP contribution in [0.1, 0.15) is 43.7 Å². The number of nitrogens with two attached hydrogens (primary N) is 1. The molecular weight excluding hydrogens is 244 g/mol. The molecule has 0 heterocycles. The minimum absolute atomic E-state index is 0.0200. The van der Waals surface area contributed by atoms with Crippen LogP contribution >= 0.6 is 12.2 Å². The van der Waals surface area contributed by atoms with Crippen molar-refractivity contribution in [3.05, 3.63) is 29.3 Å². The van der Waals surface area contributed by atoms with E-state index in [9.17, 15) is 4.79 Å². The van der Waals surface area contributed by atoms with E-state index in [-0.39, 0.29) is 5.91 Å². The van der Waals surface area contributed by atoms with E-state index in [1.165, 1.54) is 0 Å². The zero-order valence-electron chi connectivity index (χ0n) is 11.0. The molecule has 18 heavy (non-hydrogen) atoms. The molecule has 0 unspecified atom stereocenters. The summed E-state index contributed by atoms with van der Waals surface area (Å²) in [5.74, 6) is 0.0200. The van der Waals surface area contributed by atoms with Crippen molar-refractivity contribution in [3.8, 4) is 0 Å². The van der Waals surface area contributed by atoms with Crippen LogP contribution < -0.4 is 11.1 Å². The number of amides is 1. The number of aryl methyl sites for hydroxylation is 1. The van der Waals surface area contributed by atoms with Crippen LogP contribution in [-0.4, -0.2) is 10.9 Å². The first-order valence-corrected chi connectivity index (χ1v) is 6.66. The number of thiocarbonyl (C=S) groups is 1. The molecular formula is C14H20N2OS. The fourth-order valence-electron chi connectivity index (χ4n) is 1.85. The van der Waals surface area contributed by atoms with Crippen molar-refractivity contribution < 1.29 is 4.79 Å². The molecule has 4 heteroatoms. The number of hydrogen-bond donors (Lipinski definition) is 2. The van der Waals surface area contributed by atoms with Crippen molar-refractivity contribution >= 4 is 28.8 Å². The Hall–Kier alpha value is -1.42. The predicted octanol–water partition coefficient (Wildman–Crippen LogP) is 3.15. The third-order valence-corrected chi connectivity index (χ3v) is 3.00. The topological polar surface area (TPSA) is 55.1 Å². The summed E-state index contributed by atoms with van der Waals surface area (Å²) in [5, 5.41) is 2.89. The number of nitrogens with one attached hydrogen (secondary N) is 1. The summed E-state index contributed by atoms with van der Waals surface area (Å²) in [4.78, 5) is 12.1. The van der Waals surface area contributed by atoms with Crippen LogP contribution in [-0.2, 0) is 4.79 Å². The van der Waals surface area contributed by atoms with Crippen molar-refractivity contribution in [3.63, 3.8) is 0 Å². The molecule has 1 rings (SSSR count). The lowest BCUT2D eigenvalue weighted by atomic mass is 10.1. The van der Waals surface area contributed by atoms with Crippen LogP contribution in [0.15, 0.2) is 18.2 Å². The third-order valence-electron chi connectivity index (χ3n) is 2.80. The number of rotatable bonds is 6. The molecule has 0 aliphatic heterocycles. The fourth-order valence-corrected chi connectivity index (χ4v) is 2.12. The summed E-state index contributed by atoms with van der Waals surface area (Å²) in [6.45, 7) is 4.05. The summed E-state index contributed by atoms with van der Waals surface area (Å²) < 4.78 is 0. The van der Waals surface area contributed by atoms with Gasteiger partial charge < -0.3 is 11.1 Å². The Kier molecular flexibility index (Phi) is 5.78. The van der Waals surface area contributed by atoms with E-state index in [0.717, 1.165) is 30.4 Å². The van der Waals surface area contributed by atoms with Crippen molar-refractivity contribution in [2.45, 2.75) is 39.5 Å². The molecule has 0 aromatic heterocycles. The third kappa shape index (κ3) is 4.11. The first-order valence-electron chi connectivity index (χ1n) is 6.25. The van der Waals surface area contributed by atoms with Crippen LogP contribution in [0.3, 0.4) is 0 Å². The zero-order chi connectivity index (χ0) is 13.5. The molecule has 0 radical (unpaired) electrons. The molecule has 1 aromatic carbocycles. The summed E-state index contributed by atoms with van der Waals surface area (Å²) in [5.41, 5.74) is 8.15. The number of benzene rings is 1. The molecule has 98 valence electrons. The van der Waals surface area contributed by atoms with Gasteiger partial charge in [0.25, 0.3) is 0 Å². The van der Waals surface area contributed by atoms with E-state index >= 15 is 0 Å². The zero-order valence-corrected chi connectivity index (χ0v) is 11.8. The van der Waals surface area contributed by atoms with Gasteiger partial charge >= 0.3 is 0 Å². The van der Waals surface area contributed by atoms with Gasteiger partial charge in [0.1, 0.15) is 4.99 Å². The Labute approximate surface area is 114 Å². The maximum absolute atomic E-state index is 11.8. The van der Waals surface area contributed by atoms with Gasteiger partial charge in [-0.3, -0.25) is 4.79 Å². The van der Waals surface area contributed by atoms with Gasteiger partial charge in [-0.15, -0.1) is 0 Å². The normalized spacial score (nSPS) is 10.1. The maximum atomic E-state index is 11.8. The number of unbranched alkanes of at least 4 members (excludes halogenated alkanes) is 2. The molecule has 0 bridgehead atoms. The van der Waals surface area contributed by atoms with Crippen LogP contribution in [0.5, 0.6) is 0 Å². The monoisotopic (exact) mass is 264 g/mol. The number of carbonyl (C=O) groups excluding carboxylic acids is 1. The van der Waals surface area contributed by atoms with Crippen molar-refractivity contribution in [1.82, 2.24) is 0 Å². The van der Waals surface area contributed by atoms with E-state index in [4.69, 9.17) is 18.0 Å². The van der Waals surface area contributed by atoms with Crippen LogP contribution in [0.4, 0.5) is 5.69 Å². The highest BCUT2D eigenvalue weighted by molar-refractivity contribution is 7.80. The van der Waals surface area contributed by atoms with E-state index in [0.29, 0.717) is 17.1 Å². The maximum Gasteiger partial charge on any atom is 0.224 e. The smallest absolute Gasteiger partial charge is 0.224 e. The number of anilines is 1. The molecule has 1 aromatic rings. The first-order chi connectivity index (χ1) is 8.56. The first kappa shape index (κ1) is 14.6. The fraction of sp³-hybridized carbons (Fsp3) is 0.429. The average Bonchev–Trinajstić information content (AvgIpc) is 2.28. The highest BCUT2D eigenvalue weighted by atomic mass is 32.1. The molecule has 0 aliphatic rings. The lowest BCUT2D eigenvalue weighted by Crippen LogP contribution is -2.18. The summed E-state index contributed by atoms with van der Waals surface area (Å²) >= 11 is 5.02. The molecule has 0 spiro atoms. The van der Waals surface area contributed by atoms with E-state index in [1.54, 1.807) is 0 Å². The van der Waals surface area contributed by atoms with Crippen molar-refractivity contribution in [1.29, 1.82) is 0 Å². The number of carbonyl (C=O) groups is 1. The largest absolute Gasteiger partial charge is 0.389 e. The second kappa shape index (κ2) is 7.11. The molecule has 0 atom stereocenters. The summed E-state index contributed by atoms with van der Waals surface area (Å²) in [6, 6.07) is 5.65. The lowest BCUT2D eigenvalue weighted by molar-refractivity contribution is -0.116. The predicted molar refractivity (Wildman–Crippen MR) is 79.8 cm³/mol. The van der Waals surface area contributed by atoms with Crippen LogP contribution in [0.2, 0.25) is 0 Å². The van der Waals surface area contributed by atoms with E-state index in [2.05, 4.69) is 12.2 Å². The van der Waals surface area contributed by atoms with Gasteiger partial charge in [-0.1, -0.05) is 44.1 Å². The quantitative estimate of drug-likeness (QED) is 0.613. The molecule has 1 amide bonds.